The summed E-state index contributed by atoms with van der Waals surface area (Å²) in [5.74, 6) is 0. The van der Waals surface area contributed by atoms with Gasteiger partial charge in [-0.25, -0.2) is 0 Å². The van der Waals surface area contributed by atoms with Crippen LogP contribution in [0, 0.1) is 0 Å². The standard InChI is InChI=1S/C11H18N2/c1-5-7-11(13-4)10(6-2)9(3)8-12/h5-7,13H,2-3,8,12H2,1,4H3/b7-5-,11-10-. The van der Waals surface area contributed by atoms with Crippen molar-refractivity contribution in [1.82, 2.24) is 5.32 Å². The lowest BCUT2D eigenvalue weighted by molar-refractivity contribution is 1.00. The van der Waals surface area contributed by atoms with Crippen molar-refractivity contribution in [2.24, 2.45) is 5.73 Å². The van der Waals surface area contributed by atoms with Gasteiger partial charge in [0.2, 0.25) is 0 Å². The molecular formula is C11H18N2. The number of likely N-dealkylation sites (N-methyl/N-ethyl adjacent to an activating group) is 1. The summed E-state index contributed by atoms with van der Waals surface area (Å²) < 4.78 is 0. The smallest absolute Gasteiger partial charge is 0.0410 e. The van der Waals surface area contributed by atoms with Crippen LogP contribution in [-0.2, 0) is 0 Å². The fourth-order valence-corrected chi connectivity index (χ4v) is 1.03. The van der Waals surface area contributed by atoms with Gasteiger partial charge in [-0.1, -0.05) is 25.3 Å². The molecule has 72 valence electrons. The molecule has 0 unspecified atom stereocenters. The minimum Gasteiger partial charge on any atom is -0.388 e. The van der Waals surface area contributed by atoms with Crippen LogP contribution in [0.4, 0.5) is 0 Å². The molecule has 0 bridgehead atoms. The molecule has 0 aliphatic carbocycles. The summed E-state index contributed by atoms with van der Waals surface area (Å²) in [6.45, 7) is 10.0. The Kier molecular flexibility index (Phi) is 5.64. The summed E-state index contributed by atoms with van der Waals surface area (Å²) in [6, 6.07) is 0. The highest BCUT2D eigenvalue weighted by Crippen LogP contribution is 2.12. The molecule has 0 aliphatic rings. The lowest BCUT2D eigenvalue weighted by atomic mass is 10.1. The van der Waals surface area contributed by atoms with Crippen molar-refractivity contribution >= 4 is 0 Å². The normalized spacial score (nSPS) is 12.5. The number of rotatable bonds is 5. The zero-order valence-electron chi connectivity index (χ0n) is 8.43. The zero-order chi connectivity index (χ0) is 10.3. The molecule has 0 radical (unpaired) electrons. The van der Waals surface area contributed by atoms with Crippen LogP contribution in [0.5, 0.6) is 0 Å². The third-order valence-corrected chi connectivity index (χ3v) is 1.72. The molecule has 0 saturated heterocycles. The minimum absolute atomic E-state index is 0.448. The van der Waals surface area contributed by atoms with Crippen LogP contribution < -0.4 is 11.1 Å². The van der Waals surface area contributed by atoms with Crippen molar-refractivity contribution in [3.8, 4) is 0 Å². The first-order valence-electron chi connectivity index (χ1n) is 4.26. The lowest BCUT2D eigenvalue weighted by Gasteiger charge is -2.09. The van der Waals surface area contributed by atoms with Gasteiger partial charge in [-0.2, -0.15) is 0 Å². The molecular weight excluding hydrogens is 160 g/mol. The highest BCUT2D eigenvalue weighted by molar-refractivity contribution is 5.44. The van der Waals surface area contributed by atoms with Crippen LogP contribution in [-0.4, -0.2) is 13.6 Å². The number of nitrogens with one attached hydrogen (secondary N) is 1. The molecule has 0 aromatic carbocycles. The van der Waals surface area contributed by atoms with Gasteiger partial charge in [-0.3, -0.25) is 0 Å². The van der Waals surface area contributed by atoms with Gasteiger partial charge >= 0.3 is 0 Å². The van der Waals surface area contributed by atoms with E-state index in [1.165, 1.54) is 0 Å². The Labute approximate surface area is 80.5 Å². The van der Waals surface area contributed by atoms with E-state index >= 15 is 0 Å². The summed E-state index contributed by atoms with van der Waals surface area (Å²) in [5.41, 5.74) is 8.36. The number of allylic oxidation sites excluding steroid dienone is 3. The molecule has 0 rings (SSSR count). The Morgan fingerprint density at radius 2 is 2.15 bits per heavy atom. The molecule has 2 heteroatoms. The maximum absolute atomic E-state index is 5.50. The molecule has 0 amide bonds. The molecule has 0 aliphatic heterocycles. The average molecular weight is 178 g/mol. The van der Waals surface area contributed by atoms with Crippen molar-refractivity contribution in [3.63, 3.8) is 0 Å². The molecule has 0 aromatic heterocycles. The topological polar surface area (TPSA) is 38.0 Å². The SMILES string of the molecule is C=C/C(C(=C)CN)=C(\C=C/C)NC. The number of hydrogen-bond donors (Lipinski definition) is 2. The molecule has 0 heterocycles. The lowest BCUT2D eigenvalue weighted by Crippen LogP contribution is -2.11. The Hall–Kier alpha value is -1.28. The Bertz CT molecular complexity index is 247. The molecule has 2 nitrogen and oxygen atoms in total. The quantitative estimate of drug-likeness (QED) is 0.629. The molecule has 13 heavy (non-hydrogen) atoms. The maximum atomic E-state index is 5.50. The monoisotopic (exact) mass is 178 g/mol. The van der Waals surface area contributed by atoms with Crippen LogP contribution in [0.3, 0.4) is 0 Å². The second-order valence-electron chi connectivity index (χ2n) is 2.59. The van der Waals surface area contributed by atoms with Gasteiger partial charge in [0.05, 0.1) is 0 Å². The van der Waals surface area contributed by atoms with Crippen LogP contribution in [0.1, 0.15) is 6.92 Å². The van der Waals surface area contributed by atoms with E-state index in [9.17, 15) is 0 Å². The fourth-order valence-electron chi connectivity index (χ4n) is 1.03. The predicted octanol–water partition coefficient (Wildman–Crippen LogP) is 1.74. The summed E-state index contributed by atoms with van der Waals surface area (Å²) in [5, 5.41) is 3.07. The molecule has 3 N–H and O–H groups in total. The largest absolute Gasteiger partial charge is 0.388 e. The van der Waals surface area contributed by atoms with Crippen LogP contribution >= 0.6 is 0 Å². The van der Waals surface area contributed by atoms with E-state index in [0.717, 1.165) is 16.8 Å². The molecule has 0 spiro atoms. The van der Waals surface area contributed by atoms with E-state index in [1.54, 1.807) is 6.08 Å². The van der Waals surface area contributed by atoms with Crippen LogP contribution in [0.15, 0.2) is 48.2 Å². The van der Waals surface area contributed by atoms with Crippen molar-refractivity contribution in [1.29, 1.82) is 0 Å². The van der Waals surface area contributed by atoms with E-state index in [1.807, 2.05) is 26.1 Å². The van der Waals surface area contributed by atoms with Gasteiger partial charge in [0.1, 0.15) is 0 Å². The first-order chi connectivity index (χ1) is 6.21. The third-order valence-electron chi connectivity index (χ3n) is 1.72. The van der Waals surface area contributed by atoms with Crippen LogP contribution in [0.2, 0.25) is 0 Å². The van der Waals surface area contributed by atoms with Crippen LogP contribution in [0.25, 0.3) is 0 Å². The summed E-state index contributed by atoms with van der Waals surface area (Å²) in [6.07, 6.45) is 5.69. The summed E-state index contributed by atoms with van der Waals surface area (Å²) in [4.78, 5) is 0. The van der Waals surface area contributed by atoms with Gasteiger partial charge in [-0.15, -0.1) is 0 Å². The number of nitrogens with two attached hydrogens (primary N) is 1. The first-order valence-corrected chi connectivity index (χ1v) is 4.26. The maximum Gasteiger partial charge on any atom is 0.0410 e. The van der Waals surface area contributed by atoms with E-state index < -0.39 is 0 Å². The van der Waals surface area contributed by atoms with Crippen molar-refractivity contribution < 1.29 is 0 Å². The number of hydrogen-bond acceptors (Lipinski definition) is 2. The Morgan fingerprint density at radius 3 is 2.46 bits per heavy atom. The molecule has 0 saturated carbocycles. The molecule has 0 atom stereocenters. The Balaban J connectivity index is 5.04. The third kappa shape index (κ3) is 3.30. The van der Waals surface area contributed by atoms with Gasteiger partial charge in [0, 0.05) is 24.9 Å². The minimum atomic E-state index is 0.448. The highest BCUT2D eigenvalue weighted by atomic mass is 14.8. The van der Waals surface area contributed by atoms with E-state index in [2.05, 4.69) is 18.5 Å². The van der Waals surface area contributed by atoms with Crippen molar-refractivity contribution in [3.05, 3.63) is 48.2 Å². The molecule has 0 fully saturated rings. The fraction of sp³-hybridized carbons (Fsp3) is 0.273. The predicted molar refractivity (Wildman–Crippen MR) is 59.3 cm³/mol. The Morgan fingerprint density at radius 1 is 1.54 bits per heavy atom. The van der Waals surface area contributed by atoms with Gasteiger partial charge < -0.3 is 11.1 Å². The summed E-state index contributed by atoms with van der Waals surface area (Å²) >= 11 is 0. The van der Waals surface area contributed by atoms with Crippen molar-refractivity contribution in [2.45, 2.75) is 6.92 Å². The molecule has 0 aromatic rings. The van der Waals surface area contributed by atoms with E-state index in [0.29, 0.717) is 6.54 Å². The second-order valence-corrected chi connectivity index (χ2v) is 2.59. The first kappa shape index (κ1) is 11.7. The second kappa shape index (κ2) is 6.26. The average Bonchev–Trinajstić information content (AvgIpc) is 2.17. The van der Waals surface area contributed by atoms with Gasteiger partial charge in [0.25, 0.3) is 0 Å². The zero-order valence-corrected chi connectivity index (χ0v) is 8.43. The summed E-state index contributed by atoms with van der Waals surface area (Å²) in [7, 11) is 1.86. The van der Waals surface area contributed by atoms with E-state index in [-0.39, 0.29) is 0 Å². The van der Waals surface area contributed by atoms with E-state index in [4.69, 9.17) is 5.73 Å². The van der Waals surface area contributed by atoms with Gasteiger partial charge in [0.15, 0.2) is 0 Å². The van der Waals surface area contributed by atoms with Gasteiger partial charge in [-0.05, 0) is 18.6 Å². The van der Waals surface area contributed by atoms with Crippen molar-refractivity contribution in [2.75, 3.05) is 13.6 Å². The highest BCUT2D eigenvalue weighted by Gasteiger charge is 2.01.